The zero-order chi connectivity index (χ0) is 6.41. The van der Waals surface area contributed by atoms with Crippen molar-refractivity contribution in [1.29, 1.82) is 0 Å². The van der Waals surface area contributed by atoms with E-state index >= 15 is 0 Å². The average Bonchev–Trinajstić information content (AvgIpc) is 1.83. The normalized spacial score (nSPS) is 13.9. The molecule has 0 bridgehead atoms. The van der Waals surface area contributed by atoms with Gasteiger partial charge in [0.25, 0.3) is 0 Å². The van der Waals surface area contributed by atoms with Gasteiger partial charge in [0, 0.05) is 0 Å². The Balaban J connectivity index is 3.07. The fraction of sp³-hybridized carbons (Fsp3) is 1.00. The molecule has 8 heavy (non-hydrogen) atoms. The lowest BCUT2D eigenvalue weighted by Gasteiger charge is -2.08. The van der Waals surface area contributed by atoms with Gasteiger partial charge in [-0.25, -0.2) is 0 Å². The van der Waals surface area contributed by atoms with Crippen molar-refractivity contribution in [3.63, 3.8) is 0 Å². The van der Waals surface area contributed by atoms with Crippen molar-refractivity contribution in [3.8, 4) is 0 Å². The summed E-state index contributed by atoms with van der Waals surface area (Å²) in [6, 6.07) is 0. The molecule has 0 aliphatic carbocycles. The maximum absolute atomic E-state index is 5.47. The van der Waals surface area contributed by atoms with Crippen molar-refractivity contribution < 1.29 is 0 Å². The van der Waals surface area contributed by atoms with E-state index in [1.54, 1.807) is 0 Å². The van der Waals surface area contributed by atoms with Crippen LogP contribution >= 0.6 is 0 Å². The van der Waals surface area contributed by atoms with Gasteiger partial charge >= 0.3 is 0 Å². The van der Waals surface area contributed by atoms with Crippen molar-refractivity contribution in [3.05, 3.63) is 0 Å². The molecule has 0 unspecified atom stereocenters. The van der Waals surface area contributed by atoms with Gasteiger partial charge in [0.15, 0.2) is 0 Å². The molecule has 0 saturated heterocycles. The fourth-order valence-corrected chi connectivity index (χ4v) is 0.897. The third-order valence-corrected chi connectivity index (χ3v) is 1.61. The Hall–Kier alpha value is -0.0400. The van der Waals surface area contributed by atoms with Crippen LogP contribution in [0.3, 0.4) is 0 Å². The maximum Gasteiger partial charge on any atom is -0.00490 e. The van der Waals surface area contributed by atoms with Crippen molar-refractivity contribution in [2.75, 3.05) is 6.54 Å². The van der Waals surface area contributed by atoms with Crippen molar-refractivity contribution >= 4 is 0 Å². The van der Waals surface area contributed by atoms with E-state index in [2.05, 4.69) is 13.8 Å². The van der Waals surface area contributed by atoms with Crippen LogP contribution in [0.25, 0.3) is 0 Å². The van der Waals surface area contributed by atoms with Gasteiger partial charge in [0.1, 0.15) is 0 Å². The minimum absolute atomic E-state index is 0.778. The molecule has 0 amide bonds. The molecule has 0 rings (SSSR count). The van der Waals surface area contributed by atoms with E-state index < -0.39 is 0 Å². The zero-order valence-corrected chi connectivity index (χ0v) is 5.98. The Labute approximate surface area is 52.3 Å². The summed E-state index contributed by atoms with van der Waals surface area (Å²) in [5, 5.41) is 0. The van der Waals surface area contributed by atoms with Gasteiger partial charge in [-0.15, -0.1) is 0 Å². The summed E-state index contributed by atoms with van der Waals surface area (Å²) in [5.41, 5.74) is 5.47. The number of nitrogens with two attached hydrogens (primary N) is 1. The predicted molar refractivity (Wildman–Crippen MR) is 37.7 cm³/mol. The van der Waals surface area contributed by atoms with Gasteiger partial charge in [-0.3, -0.25) is 0 Å². The molecule has 0 aromatic rings. The van der Waals surface area contributed by atoms with Gasteiger partial charge in [0.05, 0.1) is 0 Å². The van der Waals surface area contributed by atoms with Gasteiger partial charge < -0.3 is 5.73 Å². The van der Waals surface area contributed by atoms with E-state index in [9.17, 15) is 0 Å². The highest BCUT2D eigenvalue weighted by molar-refractivity contribution is 4.54. The Morgan fingerprint density at radius 3 is 2.12 bits per heavy atom. The van der Waals surface area contributed by atoms with E-state index in [0.29, 0.717) is 0 Å². The molecular formula is C7H17N. The van der Waals surface area contributed by atoms with E-state index in [0.717, 1.165) is 12.5 Å². The van der Waals surface area contributed by atoms with Crippen molar-refractivity contribution in [1.82, 2.24) is 0 Å². The van der Waals surface area contributed by atoms with Gasteiger partial charge in [-0.05, 0) is 18.9 Å². The SMILES string of the molecule is CCC[C@H](CC)CN. The summed E-state index contributed by atoms with van der Waals surface area (Å²) in [6.45, 7) is 5.27. The van der Waals surface area contributed by atoms with E-state index in [1.807, 2.05) is 0 Å². The highest BCUT2D eigenvalue weighted by atomic mass is 14.5. The second-order valence-electron chi connectivity index (χ2n) is 2.30. The summed E-state index contributed by atoms with van der Waals surface area (Å²) in [4.78, 5) is 0. The molecule has 1 atom stereocenters. The Bertz CT molecular complexity index is 39.7. The van der Waals surface area contributed by atoms with Crippen LogP contribution in [0.1, 0.15) is 33.1 Å². The van der Waals surface area contributed by atoms with Crippen LogP contribution in [0, 0.1) is 5.92 Å². The second kappa shape index (κ2) is 5.10. The van der Waals surface area contributed by atoms with Crippen LogP contribution in [0.15, 0.2) is 0 Å². The number of rotatable bonds is 4. The molecule has 1 heteroatoms. The first-order valence-corrected chi connectivity index (χ1v) is 3.55. The highest BCUT2D eigenvalue weighted by Gasteiger charge is 1.99. The summed E-state index contributed by atoms with van der Waals surface area (Å²) in [6.07, 6.45) is 3.81. The predicted octanol–water partition coefficient (Wildman–Crippen LogP) is 1.77. The summed E-state index contributed by atoms with van der Waals surface area (Å²) in [7, 11) is 0. The molecule has 1 nitrogen and oxygen atoms in total. The van der Waals surface area contributed by atoms with Crippen LogP contribution < -0.4 is 5.73 Å². The molecule has 0 aliphatic rings. The first kappa shape index (κ1) is 7.96. The first-order valence-electron chi connectivity index (χ1n) is 3.55. The monoisotopic (exact) mass is 115 g/mol. The third-order valence-electron chi connectivity index (χ3n) is 1.61. The molecular weight excluding hydrogens is 98.1 g/mol. The van der Waals surface area contributed by atoms with Crippen LogP contribution in [-0.2, 0) is 0 Å². The maximum atomic E-state index is 5.47. The first-order chi connectivity index (χ1) is 3.85. The molecule has 0 radical (unpaired) electrons. The van der Waals surface area contributed by atoms with Crippen LogP contribution in [-0.4, -0.2) is 6.54 Å². The Morgan fingerprint density at radius 1 is 1.38 bits per heavy atom. The van der Waals surface area contributed by atoms with Crippen molar-refractivity contribution in [2.45, 2.75) is 33.1 Å². The largest absolute Gasteiger partial charge is 0.330 e. The van der Waals surface area contributed by atoms with Crippen LogP contribution in [0.5, 0.6) is 0 Å². The third kappa shape index (κ3) is 3.03. The fourth-order valence-electron chi connectivity index (χ4n) is 0.897. The Morgan fingerprint density at radius 2 is 2.00 bits per heavy atom. The Kier molecular flexibility index (Phi) is 5.08. The second-order valence-corrected chi connectivity index (χ2v) is 2.30. The molecule has 2 N–H and O–H groups in total. The van der Waals surface area contributed by atoms with Gasteiger partial charge in [-0.2, -0.15) is 0 Å². The molecule has 0 saturated carbocycles. The summed E-state index contributed by atoms with van der Waals surface area (Å²) >= 11 is 0. The lowest BCUT2D eigenvalue weighted by Crippen LogP contribution is -2.12. The van der Waals surface area contributed by atoms with Crippen LogP contribution in [0.2, 0.25) is 0 Å². The molecule has 0 aromatic carbocycles. The average molecular weight is 115 g/mol. The molecule has 0 spiro atoms. The van der Waals surface area contributed by atoms with Crippen molar-refractivity contribution in [2.24, 2.45) is 11.7 Å². The molecule has 0 aliphatic heterocycles. The lowest BCUT2D eigenvalue weighted by molar-refractivity contribution is 0.475. The quantitative estimate of drug-likeness (QED) is 0.593. The highest BCUT2D eigenvalue weighted by Crippen LogP contribution is 2.07. The van der Waals surface area contributed by atoms with Gasteiger partial charge in [0.2, 0.25) is 0 Å². The molecule has 0 heterocycles. The minimum Gasteiger partial charge on any atom is -0.330 e. The minimum atomic E-state index is 0.778. The zero-order valence-electron chi connectivity index (χ0n) is 5.98. The van der Waals surface area contributed by atoms with E-state index in [4.69, 9.17) is 5.73 Å². The molecule has 0 aromatic heterocycles. The topological polar surface area (TPSA) is 26.0 Å². The van der Waals surface area contributed by atoms with E-state index in [-0.39, 0.29) is 0 Å². The smallest absolute Gasteiger partial charge is 0.00490 e. The standard InChI is InChI=1S/C7H17N/c1-3-5-7(4-2)6-8/h7H,3-6,8H2,1-2H3/t7-/m0/s1. The number of hydrogen-bond donors (Lipinski definition) is 1. The summed E-state index contributed by atoms with van der Waals surface area (Å²) < 4.78 is 0. The van der Waals surface area contributed by atoms with Crippen LogP contribution in [0.4, 0.5) is 0 Å². The molecule has 0 fully saturated rings. The molecule has 50 valence electrons. The lowest BCUT2D eigenvalue weighted by atomic mass is 10.0. The van der Waals surface area contributed by atoms with E-state index in [1.165, 1.54) is 19.3 Å². The summed E-state index contributed by atoms with van der Waals surface area (Å²) in [5.74, 6) is 0.778. The number of hydrogen-bond acceptors (Lipinski definition) is 1. The van der Waals surface area contributed by atoms with Gasteiger partial charge in [-0.1, -0.05) is 26.7 Å².